The van der Waals surface area contributed by atoms with Crippen molar-refractivity contribution in [2.24, 2.45) is 0 Å². The number of benzene rings is 3. The lowest BCUT2D eigenvalue weighted by molar-refractivity contribution is -0.137. The van der Waals surface area contributed by atoms with Crippen LogP contribution < -0.4 is 0 Å². The molecule has 7 heteroatoms. The van der Waals surface area contributed by atoms with Gasteiger partial charge in [-0.2, -0.15) is 17.5 Å². The quantitative estimate of drug-likeness (QED) is 0.549. The summed E-state index contributed by atoms with van der Waals surface area (Å²) >= 11 is 0. The minimum absolute atomic E-state index is 0.104. The van der Waals surface area contributed by atoms with E-state index < -0.39 is 27.8 Å². The Balaban J connectivity index is 1.83. The lowest BCUT2D eigenvalue weighted by atomic mass is 9.91. The summed E-state index contributed by atoms with van der Waals surface area (Å²) in [4.78, 5) is 0.129. The van der Waals surface area contributed by atoms with Crippen LogP contribution in [0.4, 0.5) is 13.2 Å². The first-order valence-electron chi connectivity index (χ1n) is 9.49. The molecule has 4 rings (SSSR count). The first-order chi connectivity index (χ1) is 14.2. The van der Waals surface area contributed by atoms with Crippen LogP contribution in [0.25, 0.3) is 0 Å². The van der Waals surface area contributed by atoms with E-state index >= 15 is 0 Å². The summed E-state index contributed by atoms with van der Waals surface area (Å²) in [6.07, 6.45) is -4.19. The molecule has 0 fully saturated rings. The van der Waals surface area contributed by atoms with Crippen molar-refractivity contribution >= 4 is 10.0 Å². The molecule has 0 bridgehead atoms. The van der Waals surface area contributed by atoms with Gasteiger partial charge < -0.3 is 0 Å². The van der Waals surface area contributed by atoms with Gasteiger partial charge in [-0.1, -0.05) is 54.1 Å². The predicted molar refractivity (Wildman–Crippen MR) is 108 cm³/mol. The number of hydrogen-bond acceptors (Lipinski definition) is 2. The lowest BCUT2D eigenvalue weighted by Gasteiger charge is -2.36. The fraction of sp³-hybridized carbons (Fsp3) is 0.217. The smallest absolute Gasteiger partial charge is 0.207 e. The van der Waals surface area contributed by atoms with Crippen molar-refractivity contribution in [2.45, 2.75) is 37.0 Å². The Labute approximate surface area is 173 Å². The van der Waals surface area contributed by atoms with Crippen LogP contribution in [0.1, 0.15) is 33.9 Å². The van der Waals surface area contributed by atoms with Crippen molar-refractivity contribution in [3.63, 3.8) is 0 Å². The number of halogens is 3. The van der Waals surface area contributed by atoms with Gasteiger partial charge in [0, 0.05) is 6.54 Å². The number of sulfonamides is 1. The monoisotopic (exact) mass is 431 g/mol. The van der Waals surface area contributed by atoms with Crippen LogP contribution >= 0.6 is 0 Å². The first-order valence-corrected chi connectivity index (χ1v) is 10.9. The van der Waals surface area contributed by atoms with Gasteiger partial charge in [0.1, 0.15) is 0 Å². The second-order valence-electron chi connectivity index (χ2n) is 7.48. The van der Waals surface area contributed by atoms with Gasteiger partial charge in [0.2, 0.25) is 10.0 Å². The highest BCUT2D eigenvalue weighted by Gasteiger charge is 2.38. The van der Waals surface area contributed by atoms with Gasteiger partial charge in [-0.05, 0) is 54.3 Å². The number of rotatable bonds is 3. The largest absolute Gasteiger partial charge is 0.416 e. The molecule has 3 nitrogen and oxygen atoms in total. The molecule has 1 unspecified atom stereocenters. The molecule has 0 saturated carbocycles. The second-order valence-corrected chi connectivity index (χ2v) is 9.37. The molecule has 0 spiro atoms. The molecule has 1 aliphatic heterocycles. The van der Waals surface area contributed by atoms with E-state index in [1.807, 2.05) is 31.2 Å². The normalized spacial score (nSPS) is 17.5. The average Bonchev–Trinajstić information content (AvgIpc) is 2.72. The molecular weight excluding hydrogens is 411 g/mol. The van der Waals surface area contributed by atoms with Crippen LogP contribution in [-0.2, 0) is 29.2 Å². The first kappa shape index (κ1) is 20.6. The molecule has 1 heterocycles. The van der Waals surface area contributed by atoms with E-state index in [9.17, 15) is 21.6 Å². The van der Waals surface area contributed by atoms with Gasteiger partial charge in [-0.25, -0.2) is 8.42 Å². The molecule has 0 radical (unpaired) electrons. The summed E-state index contributed by atoms with van der Waals surface area (Å²) in [5.41, 5.74) is 2.26. The Hall–Kier alpha value is -2.64. The number of fused-ring (bicyclic) bond motifs is 1. The SMILES string of the molecule is Cc1ccc(S(=O)(=O)N2Cc3ccccc3CC2c2cccc(C(F)(F)F)c2)cc1. The third-order valence-corrected chi connectivity index (χ3v) is 7.30. The Morgan fingerprint density at radius 1 is 0.900 bits per heavy atom. The van der Waals surface area contributed by atoms with Gasteiger partial charge in [0.15, 0.2) is 0 Å². The van der Waals surface area contributed by atoms with Crippen LogP contribution in [0.2, 0.25) is 0 Å². The fourth-order valence-electron chi connectivity index (χ4n) is 3.80. The molecule has 1 aliphatic rings. The maximum Gasteiger partial charge on any atom is 0.416 e. The Bertz CT molecular complexity index is 1170. The Morgan fingerprint density at radius 2 is 1.57 bits per heavy atom. The summed E-state index contributed by atoms with van der Waals surface area (Å²) in [5, 5.41) is 0. The maximum absolute atomic E-state index is 13.5. The summed E-state index contributed by atoms with van der Waals surface area (Å²) in [7, 11) is -3.92. The number of aryl methyl sites for hydroxylation is 1. The lowest BCUT2D eigenvalue weighted by Crippen LogP contribution is -2.39. The van der Waals surface area contributed by atoms with Gasteiger partial charge >= 0.3 is 6.18 Å². The van der Waals surface area contributed by atoms with E-state index in [0.717, 1.165) is 28.8 Å². The molecule has 0 N–H and O–H groups in total. The van der Waals surface area contributed by atoms with Gasteiger partial charge in [0.25, 0.3) is 0 Å². The zero-order valence-corrected chi connectivity index (χ0v) is 17.0. The van der Waals surface area contributed by atoms with Crippen molar-refractivity contribution in [1.82, 2.24) is 4.31 Å². The summed E-state index contributed by atoms with van der Waals surface area (Å²) in [6, 6.07) is 18.1. The number of alkyl halides is 3. The van der Waals surface area contributed by atoms with Gasteiger partial charge in [0.05, 0.1) is 16.5 Å². The second kappa shape index (κ2) is 7.56. The molecular formula is C23H20F3NO2S. The average molecular weight is 431 g/mol. The predicted octanol–water partition coefficient (Wildman–Crippen LogP) is 5.50. The number of hydrogen-bond donors (Lipinski definition) is 0. The van der Waals surface area contributed by atoms with Crippen LogP contribution in [0.5, 0.6) is 0 Å². The number of nitrogens with zero attached hydrogens (tertiary/aromatic N) is 1. The third kappa shape index (κ3) is 3.87. The topological polar surface area (TPSA) is 37.4 Å². The standard InChI is InChI=1S/C23H20F3NO2S/c1-16-9-11-21(12-10-16)30(28,29)27-15-19-6-3-2-5-17(19)14-22(27)18-7-4-8-20(13-18)23(24,25)26/h2-13,22H,14-15H2,1H3. The molecule has 30 heavy (non-hydrogen) atoms. The van der Waals surface area contributed by atoms with Crippen LogP contribution in [0.3, 0.4) is 0 Å². The zero-order valence-electron chi connectivity index (χ0n) is 16.2. The Kier molecular flexibility index (Phi) is 5.20. The van der Waals surface area contributed by atoms with Crippen LogP contribution in [0.15, 0.2) is 77.7 Å². The van der Waals surface area contributed by atoms with Gasteiger partial charge in [-0.15, -0.1) is 0 Å². The molecule has 3 aromatic carbocycles. The van der Waals surface area contributed by atoms with E-state index in [4.69, 9.17) is 0 Å². The van der Waals surface area contributed by atoms with Crippen molar-refractivity contribution in [2.75, 3.05) is 0 Å². The van der Waals surface area contributed by atoms with E-state index in [-0.39, 0.29) is 11.4 Å². The Morgan fingerprint density at radius 3 is 2.23 bits per heavy atom. The minimum Gasteiger partial charge on any atom is -0.207 e. The third-order valence-electron chi connectivity index (χ3n) is 5.43. The molecule has 0 aliphatic carbocycles. The van der Waals surface area contributed by atoms with Crippen molar-refractivity contribution in [3.8, 4) is 0 Å². The minimum atomic E-state index is -4.50. The van der Waals surface area contributed by atoms with Gasteiger partial charge in [-0.3, -0.25) is 0 Å². The zero-order chi connectivity index (χ0) is 21.5. The highest BCUT2D eigenvalue weighted by Crippen LogP contribution is 2.39. The molecule has 0 amide bonds. The molecule has 156 valence electrons. The van der Waals surface area contributed by atoms with Crippen LogP contribution in [0, 0.1) is 6.92 Å². The van der Waals surface area contributed by atoms with E-state index in [1.54, 1.807) is 18.2 Å². The summed E-state index contributed by atoms with van der Waals surface area (Å²) in [5.74, 6) is 0. The van der Waals surface area contributed by atoms with Crippen LogP contribution in [-0.4, -0.2) is 12.7 Å². The highest BCUT2D eigenvalue weighted by molar-refractivity contribution is 7.89. The molecule has 1 atom stereocenters. The van der Waals surface area contributed by atoms with Crippen molar-refractivity contribution < 1.29 is 21.6 Å². The summed E-state index contributed by atoms with van der Waals surface area (Å²) < 4.78 is 68.1. The van der Waals surface area contributed by atoms with Crippen molar-refractivity contribution in [3.05, 3.63) is 101 Å². The molecule has 0 saturated heterocycles. The van der Waals surface area contributed by atoms with E-state index in [0.29, 0.717) is 12.0 Å². The fourth-order valence-corrected chi connectivity index (χ4v) is 5.39. The summed E-state index contributed by atoms with van der Waals surface area (Å²) in [6.45, 7) is 1.96. The van der Waals surface area contributed by atoms with E-state index in [1.165, 1.54) is 22.5 Å². The van der Waals surface area contributed by atoms with Crippen molar-refractivity contribution in [1.29, 1.82) is 0 Å². The highest BCUT2D eigenvalue weighted by atomic mass is 32.2. The maximum atomic E-state index is 13.5. The van der Waals surface area contributed by atoms with E-state index in [2.05, 4.69) is 0 Å². The molecule has 0 aromatic heterocycles. The molecule has 3 aromatic rings.